The molecule has 3 aromatic rings. The number of anilines is 1. The lowest BCUT2D eigenvalue weighted by Gasteiger charge is -2.28. The number of methoxy groups -OCH3 is 1. The molecule has 0 aromatic heterocycles. The Bertz CT molecular complexity index is 1480. The van der Waals surface area contributed by atoms with Crippen molar-refractivity contribution in [3.05, 3.63) is 101 Å². The number of hydrogen-bond acceptors (Lipinski definition) is 6. The number of thioether (sulfide) groups is 1. The van der Waals surface area contributed by atoms with Crippen LogP contribution in [0.4, 0.5) is 15.8 Å². The molecule has 5 rings (SSSR count). The van der Waals surface area contributed by atoms with Crippen LogP contribution in [0.2, 0.25) is 0 Å². The molecule has 218 valence electrons. The summed E-state index contributed by atoms with van der Waals surface area (Å²) in [6, 6.07) is 18.3. The molecular weight excluding hydrogens is 549 g/mol. The van der Waals surface area contributed by atoms with Gasteiger partial charge in [-0.1, -0.05) is 18.2 Å². The van der Waals surface area contributed by atoms with Gasteiger partial charge in [-0.2, -0.15) is 0 Å². The minimum Gasteiger partial charge on any atom is -0.493 e. The number of allylic oxidation sites excluding steroid dienone is 1. The van der Waals surface area contributed by atoms with Crippen molar-refractivity contribution in [2.24, 2.45) is 4.99 Å². The number of carbonyl (C=O) groups excluding carboxylic acids is 1. The highest BCUT2D eigenvalue weighted by molar-refractivity contribution is 8.18. The summed E-state index contributed by atoms with van der Waals surface area (Å²) >= 11 is 1.37. The van der Waals surface area contributed by atoms with E-state index >= 15 is 0 Å². The van der Waals surface area contributed by atoms with Gasteiger partial charge >= 0.3 is 0 Å². The van der Waals surface area contributed by atoms with E-state index in [1.165, 1.54) is 48.8 Å². The minimum absolute atomic E-state index is 0.0768. The van der Waals surface area contributed by atoms with Crippen LogP contribution < -0.4 is 14.4 Å². The zero-order valence-corrected chi connectivity index (χ0v) is 25.0. The summed E-state index contributed by atoms with van der Waals surface area (Å²) in [6.07, 6.45) is 7.98. The molecule has 1 amide bonds. The Morgan fingerprint density at radius 3 is 2.45 bits per heavy atom. The second-order valence-corrected chi connectivity index (χ2v) is 11.2. The Kier molecular flexibility index (Phi) is 9.64. The maximum Gasteiger partial charge on any atom is 0.266 e. The van der Waals surface area contributed by atoms with Crippen molar-refractivity contribution in [2.45, 2.75) is 39.2 Å². The topological polar surface area (TPSA) is 54.4 Å². The van der Waals surface area contributed by atoms with Crippen molar-refractivity contribution < 1.29 is 18.7 Å². The van der Waals surface area contributed by atoms with E-state index in [0.717, 1.165) is 35.5 Å². The fourth-order valence-electron chi connectivity index (χ4n) is 5.15. The Balaban J connectivity index is 1.38. The molecule has 2 aliphatic heterocycles. The van der Waals surface area contributed by atoms with E-state index in [2.05, 4.69) is 23.6 Å². The highest BCUT2D eigenvalue weighted by Crippen LogP contribution is 2.38. The van der Waals surface area contributed by atoms with Gasteiger partial charge in [0.25, 0.3) is 5.91 Å². The van der Waals surface area contributed by atoms with Gasteiger partial charge in [0.15, 0.2) is 16.7 Å². The van der Waals surface area contributed by atoms with E-state index in [-0.39, 0.29) is 18.3 Å². The molecule has 42 heavy (non-hydrogen) atoms. The van der Waals surface area contributed by atoms with Crippen LogP contribution in [0.1, 0.15) is 42.9 Å². The second-order valence-electron chi connectivity index (χ2n) is 10.2. The van der Waals surface area contributed by atoms with Gasteiger partial charge in [-0.25, -0.2) is 9.38 Å². The van der Waals surface area contributed by atoms with Crippen molar-refractivity contribution >= 4 is 40.3 Å². The number of amides is 1. The number of likely N-dealkylation sites (N-methyl/N-ethyl adjacent to an activating group) is 1. The van der Waals surface area contributed by atoms with Crippen LogP contribution in [-0.2, 0) is 17.8 Å². The number of ether oxygens (including phenoxy) is 2. The summed E-state index contributed by atoms with van der Waals surface area (Å²) in [5.74, 6) is 0.779. The lowest BCUT2D eigenvalue weighted by molar-refractivity contribution is -0.122. The van der Waals surface area contributed by atoms with Crippen LogP contribution in [0.25, 0.3) is 6.08 Å². The summed E-state index contributed by atoms with van der Waals surface area (Å²) in [5, 5.41) is 0.664. The van der Waals surface area contributed by atoms with Gasteiger partial charge in [0.2, 0.25) is 0 Å². The largest absolute Gasteiger partial charge is 0.493 e. The van der Waals surface area contributed by atoms with Crippen LogP contribution in [0.3, 0.4) is 0 Å². The molecule has 0 atom stereocenters. The monoisotopic (exact) mass is 585 g/mol. The number of nitrogens with zero attached hydrogens (tertiary/aromatic N) is 3. The summed E-state index contributed by atoms with van der Waals surface area (Å²) in [4.78, 5) is 22.9. The predicted octanol–water partition coefficient (Wildman–Crippen LogP) is 7.76. The third-order valence-corrected chi connectivity index (χ3v) is 8.34. The molecule has 2 fully saturated rings. The molecule has 2 saturated heterocycles. The highest BCUT2D eigenvalue weighted by atomic mass is 32.2. The van der Waals surface area contributed by atoms with E-state index in [1.54, 1.807) is 30.2 Å². The summed E-state index contributed by atoms with van der Waals surface area (Å²) in [7, 11) is 1.59. The van der Waals surface area contributed by atoms with Crippen molar-refractivity contribution in [3.8, 4) is 11.5 Å². The minimum atomic E-state index is -0.291. The Hall–Kier alpha value is -4.04. The van der Waals surface area contributed by atoms with Crippen LogP contribution >= 0.6 is 11.8 Å². The number of halogens is 1. The maximum absolute atomic E-state index is 13.4. The molecule has 6 nitrogen and oxygen atoms in total. The summed E-state index contributed by atoms with van der Waals surface area (Å²) in [5.41, 5.74) is 4.58. The second kappa shape index (κ2) is 13.7. The molecule has 8 heteroatoms. The van der Waals surface area contributed by atoms with E-state index in [0.29, 0.717) is 34.5 Å². The molecular formula is C34H36FN3O3S. The van der Waals surface area contributed by atoms with Crippen molar-refractivity contribution in [2.75, 3.05) is 31.6 Å². The first-order chi connectivity index (χ1) is 20.5. The average Bonchev–Trinajstić information content (AvgIpc) is 3.31. The standard InChI is InChI=1S/C34H36FN3O3S/c1-4-9-26-20-25(21-30(40-3)32(26)41-23-24-10-12-27(35)13-11-24)22-31-33(39)38(5-2)34(42-31)36-28-14-16-29(17-15-28)37-18-7-6-8-19-37/h4,10-17,20-22H,1,5-9,18-19,23H2,2-3H3/b31-22-,36-34?. The Labute approximate surface area is 251 Å². The zero-order chi connectivity index (χ0) is 29.5. The lowest BCUT2D eigenvalue weighted by Crippen LogP contribution is -2.29. The smallest absolute Gasteiger partial charge is 0.266 e. The molecule has 0 radical (unpaired) electrons. The normalized spacial score (nSPS) is 17.3. The lowest BCUT2D eigenvalue weighted by atomic mass is 10.0. The van der Waals surface area contributed by atoms with E-state index in [4.69, 9.17) is 14.5 Å². The van der Waals surface area contributed by atoms with E-state index < -0.39 is 0 Å². The van der Waals surface area contributed by atoms with Crippen LogP contribution in [0, 0.1) is 5.82 Å². The quantitative estimate of drug-likeness (QED) is 0.180. The first-order valence-corrected chi connectivity index (χ1v) is 15.1. The van der Waals surface area contributed by atoms with Gasteiger partial charge in [0, 0.05) is 30.9 Å². The van der Waals surface area contributed by atoms with Crippen molar-refractivity contribution in [1.82, 2.24) is 4.90 Å². The van der Waals surface area contributed by atoms with Crippen molar-refractivity contribution in [1.29, 1.82) is 0 Å². The van der Waals surface area contributed by atoms with Crippen LogP contribution in [-0.4, -0.2) is 42.7 Å². The third kappa shape index (κ3) is 6.87. The Morgan fingerprint density at radius 1 is 1.05 bits per heavy atom. The first-order valence-electron chi connectivity index (χ1n) is 14.3. The number of piperidine rings is 1. The average molecular weight is 586 g/mol. The zero-order valence-electron chi connectivity index (χ0n) is 24.1. The molecule has 3 aromatic carbocycles. The number of hydrogen-bond donors (Lipinski definition) is 0. The third-order valence-electron chi connectivity index (χ3n) is 7.33. The Morgan fingerprint density at radius 2 is 1.79 bits per heavy atom. The number of amidine groups is 1. The highest BCUT2D eigenvalue weighted by Gasteiger charge is 2.32. The molecule has 0 saturated carbocycles. The maximum atomic E-state index is 13.4. The molecule has 0 unspecified atom stereocenters. The van der Waals surface area contributed by atoms with Crippen LogP contribution in [0.15, 0.2) is 83.2 Å². The molecule has 2 aliphatic rings. The number of carbonyl (C=O) groups is 1. The van der Waals surface area contributed by atoms with Gasteiger partial charge in [-0.3, -0.25) is 9.69 Å². The molecule has 0 aliphatic carbocycles. The van der Waals surface area contributed by atoms with Crippen LogP contribution in [0.5, 0.6) is 11.5 Å². The fraction of sp³-hybridized carbons (Fsp3) is 0.294. The van der Waals surface area contributed by atoms with Gasteiger partial charge < -0.3 is 14.4 Å². The molecule has 0 spiro atoms. The number of aliphatic imine (C=N–C) groups is 1. The van der Waals surface area contributed by atoms with Gasteiger partial charge in [0.05, 0.1) is 17.7 Å². The van der Waals surface area contributed by atoms with Gasteiger partial charge in [-0.05, 0) is 110 Å². The fourth-order valence-corrected chi connectivity index (χ4v) is 6.21. The molecule has 2 heterocycles. The van der Waals surface area contributed by atoms with Gasteiger partial charge in [-0.15, -0.1) is 6.58 Å². The van der Waals surface area contributed by atoms with Crippen molar-refractivity contribution in [3.63, 3.8) is 0 Å². The van der Waals surface area contributed by atoms with Gasteiger partial charge in [0.1, 0.15) is 12.4 Å². The number of rotatable bonds is 10. The predicted molar refractivity (Wildman–Crippen MR) is 170 cm³/mol. The first kappa shape index (κ1) is 29.5. The molecule has 0 N–H and O–H groups in total. The summed E-state index contributed by atoms with van der Waals surface area (Å²) in [6.45, 7) is 8.82. The van der Waals surface area contributed by atoms with E-state index in [9.17, 15) is 9.18 Å². The SMILES string of the molecule is C=CCc1cc(/C=C2\SC(=Nc3ccc(N4CCCCC4)cc3)N(CC)C2=O)cc(OC)c1OCc1ccc(F)cc1. The van der Waals surface area contributed by atoms with E-state index in [1.807, 2.05) is 37.3 Å². The molecule has 0 bridgehead atoms. The summed E-state index contributed by atoms with van der Waals surface area (Å²) < 4.78 is 25.1. The number of benzene rings is 3.